The van der Waals surface area contributed by atoms with Crippen LogP contribution in [0.15, 0.2) is 36.4 Å². The number of rotatable bonds is 1. The Morgan fingerprint density at radius 2 is 1.68 bits per heavy atom. The van der Waals surface area contributed by atoms with Crippen molar-refractivity contribution in [1.29, 1.82) is 0 Å². The Morgan fingerprint density at radius 1 is 1.00 bits per heavy atom. The molecule has 0 aliphatic heterocycles. The standard InChI is InChI=1S/C16H16N2O/c1-10-16(11(2)18(3)17-10)14-5-4-13-9-15(19)7-6-12(13)8-14/h4-9,19H,1-3H3. The summed E-state index contributed by atoms with van der Waals surface area (Å²) in [5, 5.41) is 16.1. The molecule has 0 unspecified atom stereocenters. The van der Waals surface area contributed by atoms with Crippen LogP contribution in [-0.4, -0.2) is 14.9 Å². The first-order valence-corrected chi connectivity index (χ1v) is 6.29. The molecule has 3 aromatic rings. The van der Waals surface area contributed by atoms with E-state index in [4.69, 9.17) is 0 Å². The van der Waals surface area contributed by atoms with Gasteiger partial charge < -0.3 is 5.11 Å². The predicted octanol–water partition coefficient (Wildman–Crippen LogP) is 3.56. The Hall–Kier alpha value is -2.29. The van der Waals surface area contributed by atoms with Gasteiger partial charge in [0.1, 0.15) is 5.75 Å². The molecule has 96 valence electrons. The highest BCUT2D eigenvalue weighted by Gasteiger charge is 2.11. The molecule has 0 aliphatic rings. The maximum atomic E-state index is 9.49. The Kier molecular flexibility index (Phi) is 2.56. The third-order valence-corrected chi connectivity index (χ3v) is 3.62. The van der Waals surface area contributed by atoms with E-state index in [9.17, 15) is 5.11 Å². The number of fused-ring (bicyclic) bond motifs is 1. The van der Waals surface area contributed by atoms with E-state index in [2.05, 4.69) is 24.2 Å². The van der Waals surface area contributed by atoms with Crippen LogP contribution in [0.3, 0.4) is 0 Å². The monoisotopic (exact) mass is 252 g/mol. The Balaban J connectivity index is 2.23. The third-order valence-electron chi connectivity index (χ3n) is 3.62. The van der Waals surface area contributed by atoms with Crippen molar-refractivity contribution in [3.8, 4) is 16.9 Å². The molecule has 3 heteroatoms. The van der Waals surface area contributed by atoms with Gasteiger partial charge in [-0.05, 0) is 48.4 Å². The molecule has 0 saturated carbocycles. The number of nitrogens with zero attached hydrogens (tertiary/aromatic N) is 2. The minimum absolute atomic E-state index is 0.300. The fraction of sp³-hybridized carbons (Fsp3) is 0.188. The van der Waals surface area contributed by atoms with Gasteiger partial charge >= 0.3 is 0 Å². The number of hydrogen-bond acceptors (Lipinski definition) is 2. The van der Waals surface area contributed by atoms with Crippen molar-refractivity contribution in [2.45, 2.75) is 13.8 Å². The summed E-state index contributed by atoms with van der Waals surface area (Å²) >= 11 is 0. The molecular weight excluding hydrogens is 236 g/mol. The van der Waals surface area contributed by atoms with Crippen LogP contribution in [0, 0.1) is 13.8 Å². The van der Waals surface area contributed by atoms with Crippen molar-refractivity contribution in [2.24, 2.45) is 7.05 Å². The summed E-state index contributed by atoms with van der Waals surface area (Å²) in [6.07, 6.45) is 0. The normalized spacial score (nSPS) is 11.1. The molecule has 0 saturated heterocycles. The first-order valence-electron chi connectivity index (χ1n) is 6.29. The number of aromatic nitrogens is 2. The first kappa shape index (κ1) is 11.8. The van der Waals surface area contributed by atoms with Crippen molar-refractivity contribution < 1.29 is 5.11 Å². The fourth-order valence-electron chi connectivity index (χ4n) is 2.58. The van der Waals surface area contributed by atoms with Gasteiger partial charge in [0.05, 0.1) is 5.69 Å². The minimum Gasteiger partial charge on any atom is -0.508 e. The van der Waals surface area contributed by atoms with E-state index < -0.39 is 0 Å². The van der Waals surface area contributed by atoms with Gasteiger partial charge in [-0.3, -0.25) is 4.68 Å². The van der Waals surface area contributed by atoms with Crippen LogP contribution in [-0.2, 0) is 7.05 Å². The molecule has 0 radical (unpaired) electrons. The highest BCUT2D eigenvalue weighted by molar-refractivity contribution is 5.89. The fourth-order valence-corrected chi connectivity index (χ4v) is 2.58. The van der Waals surface area contributed by atoms with E-state index in [0.29, 0.717) is 5.75 Å². The van der Waals surface area contributed by atoms with E-state index in [-0.39, 0.29) is 0 Å². The quantitative estimate of drug-likeness (QED) is 0.719. The van der Waals surface area contributed by atoms with Crippen LogP contribution in [0.4, 0.5) is 0 Å². The summed E-state index contributed by atoms with van der Waals surface area (Å²) < 4.78 is 1.91. The van der Waals surface area contributed by atoms with Crippen molar-refractivity contribution in [3.05, 3.63) is 47.8 Å². The second kappa shape index (κ2) is 4.12. The van der Waals surface area contributed by atoms with E-state index in [1.54, 1.807) is 12.1 Å². The number of phenols is 1. The lowest BCUT2D eigenvalue weighted by atomic mass is 10.00. The van der Waals surface area contributed by atoms with Gasteiger partial charge in [-0.1, -0.05) is 18.2 Å². The Bertz CT molecular complexity index is 772. The zero-order valence-corrected chi connectivity index (χ0v) is 11.3. The summed E-state index contributed by atoms with van der Waals surface area (Å²) in [6, 6.07) is 11.7. The molecule has 0 amide bonds. The molecule has 0 atom stereocenters. The molecule has 1 aromatic heterocycles. The van der Waals surface area contributed by atoms with Gasteiger partial charge in [0.2, 0.25) is 0 Å². The number of hydrogen-bond donors (Lipinski definition) is 1. The van der Waals surface area contributed by atoms with Crippen LogP contribution in [0.1, 0.15) is 11.4 Å². The second-order valence-corrected chi connectivity index (χ2v) is 4.92. The zero-order valence-electron chi connectivity index (χ0n) is 11.3. The van der Waals surface area contributed by atoms with Crippen molar-refractivity contribution in [2.75, 3.05) is 0 Å². The van der Waals surface area contributed by atoms with E-state index >= 15 is 0 Å². The van der Waals surface area contributed by atoms with Gasteiger partial charge in [0, 0.05) is 18.3 Å². The Morgan fingerprint density at radius 3 is 2.37 bits per heavy atom. The van der Waals surface area contributed by atoms with E-state index in [1.807, 2.05) is 30.8 Å². The van der Waals surface area contributed by atoms with Gasteiger partial charge in [-0.15, -0.1) is 0 Å². The smallest absolute Gasteiger partial charge is 0.116 e. The molecule has 0 fully saturated rings. The lowest BCUT2D eigenvalue weighted by Crippen LogP contribution is -1.92. The summed E-state index contributed by atoms with van der Waals surface area (Å²) in [6.45, 7) is 4.11. The van der Waals surface area contributed by atoms with Crippen molar-refractivity contribution in [3.63, 3.8) is 0 Å². The van der Waals surface area contributed by atoms with Crippen LogP contribution < -0.4 is 0 Å². The highest BCUT2D eigenvalue weighted by atomic mass is 16.3. The topological polar surface area (TPSA) is 38.0 Å². The van der Waals surface area contributed by atoms with Crippen LogP contribution in [0.25, 0.3) is 21.9 Å². The van der Waals surface area contributed by atoms with Gasteiger partial charge in [0.15, 0.2) is 0 Å². The minimum atomic E-state index is 0.300. The molecule has 1 heterocycles. The maximum Gasteiger partial charge on any atom is 0.116 e. The largest absolute Gasteiger partial charge is 0.508 e. The first-order chi connectivity index (χ1) is 9.06. The number of aryl methyl sites for hydroxylation is 2. The van der Waals surface area contributed by atoms with E-state index in [1.165, 1.54) is 11.1 Å². The molecule has 0 bridgehead atoms. The lowest BCUT2D eigenvalue weighted by molar-refractivity contribution is 0.476. The van der Waals surface area contributed by atoms with E-state index in [0.717, 1.165) is 22.2 Å². The summed E-state index contributed by atoms with van der Waals surface area (Å²) in [5.41, 5.74) is 4.56. The zero-order chi connectivity index (χ0) is 13.6. The third kappa shape index (κ3) is 1.87. The number of benzene rings is 2. The van der Waals surface area contributed by atoms with Crippen LogP contribution in [0.5, 0.6) is 5.75 Å². The lowest BCUT2D eigenvalue weighted by Gasteiger charge is -2.05. The summed E-state index contributed by atoms with van der Waals surface area (Å²) in [7, 11) is 1.96. The SMILES string of the molecule is Cc1nn(C)c(C)c1-c1ccc2cc(O)ccc2c1. The number of phenolic OH excluding ortho intramolecular Hbond substituents is 1. The van der Waals surface area contributed by atoms with Crippen molar-refractivity contribution in [1.82, 2.24) is 9.78 Å². The molecule has 2 aromatic carbocycles. The maximum absolute atomic E-state index is 9.49. The molecule has 19 heavy (non-hydrogen) atoms. The number of aromatic hydroxyl groups is 1. The summed E-state index contributed by atoms with van der Waals surface area (Å²) in [4.78, 5) is 0. The van der Waals surface area contributed by atoms with Gasteiger partial charge in [0.25, 0.3) is 0 Å². The van der Waals surface area contributed by atoms with Gasteiger partial charge in [-0.25, -0.2) is 0 Å². The predicted molar refractivity (Wildman–Crippen MR) is 77.3 cm³/mol. The second-order valence-electron chi connectivity index (χ2n) is 4.92. The van der Waals surface area contributed by atoms with Crippen LogP contribution >= 0.6 is 0 Å². The molecular formula is C16H16N2O. The average molecular weight is 252 g/mol. The molecule has 0 spiro atoms. The van der Waals surface area contributed by atoms with Gasteiger partial charge in [-0.2, -0.15) is 5.10 Å². The molecule has 3 nitrogen and oxygen atoms in total. The molecule has 3 rings (SSSR count). The van der Waals surface area contributed by atoms with Crippen molar-refractivity contribution >= 4 is 10.8 Å². The highest BCUT2D eigenvalue weighted by Crippen LogP contribution is 2.30. The Labute approximate surface area is 112 Å². The molecule has 0 aliphatic carbocycles. The van der Waals surface area contributed by atoms with Crippen LogP contribution in [0.2, 0.25) is 0 Å². The average Bonchev–Trinajstić information content (AvgIpc) is 2.63. The summed E-state index contributed by atoms with van der Waals surface area (Å²) in [5.74, 6) is 0.300. The molecule has 1 N–H and O–H groups in total.